The summed E-state index contributed by atoms with van der Waals surface area (Å²) in [7, 11) is 0. The molecule has 3 nitrogen and oxygen atoms in total. The minimum atomic E-state index is -0.0684. The lowest BCUT2D eigenvalue weighted by atomic mass is 9.80. The Morgan fingerprint density at radius 1 is 1.00 bits per heavy atom. The fourth-order valence-corrected chi connectivity index (χ4v) is 3.34. The second-order valence-corrected chi connectivity index (χ2v) is 6.54. The molecule has 0 aromatic heterocycles. The van der Waals surface area contributed by atoms with E-state index in [0.29, 0.717) is 12.4 Å². The SMILES string of the molecule is CCCCCC1CCC(C(=O)Oc2ccc(OCC)cc2)CC1. The molecule has 1 saturated carbocycles. The first-order valence-electron chi connectivity index (χ1n) is 9.17. The van der Waals surface area contributed by atoms with Crippen LogP contribution in [0.3, 0.4) is 0 Å². The molecular formula is C20H30O3. The molecule has 0 aliphatic heterocycles. The number of hydrogen-bond acceptors (Lipinski definition) is 3. The van der Waals surface area contributed by atoms with Crippen molar-refractivity contribution in [2.75, 3.05) is 6.61 Å². The van der Waals surface area contributed by atoms with Crippen LogP contribution < -0.4 is 9.47 Å². The molecule has 0 radical (unpaired) electrons. The standard InChI is InChI=1S/C20H30O3/c1-3-5-6-7-16-8-10-17(11-9-16)20(21)23-19-14-12-18(13-15-19)22-4-2/h12-17H,3-11H2,1-2H3. The van der Waals surface area contributed by atoms with E-state index in [1.807, 2.05) is 19.1 Å². The Morgan fingerprint density at radius 3 is 2.26 bits per heavy atom. The summed E-state index contributed by atoms with van der Waals surface area (Å²) in [6.45, 7) is 4.83. The summed E-state index contributed by atoms with van der Waals surface area (Å²) >= 11 is 0. The minimum Gasteiger partial charge on any atom is -0.494 e. The Hall–Kier alpha value is -1.51. The lowest BCUT2D eigenvalue weighted by Gasteiger charge is -2.27. The lowest BCUT2D eigenvalue weighted by Crippen LogP contribution is -2.25. The van der Waals surface area contributed by atoms with E-state index in [2.05, 4.69) is 6.92 Å². The number of benzene rings is 1. The van der Waals surface area contributed by atoms with Gasteiger partial charge in [0.05, 0.1) is 12.5 Å². The van der Waals surface area contributed by atoms with Crippen LogP contribution >= 0.6 is 0 Å². The van der Waals surface area contributed by atoms with Crippen LogP contribution in [0.1, 0.15) is 65.2 Å². The number of unbranched alkanes of at least 4 members (excludes halogenated alkanes) is 2. The summed E-state index contributed by atoms with van der Waals surface area (Å²) in [5, 5.41) is 0. The summed E-state index contributed by atoms with van der Waals surface area (Å²) < 4.78 is 10.9. The predicted molar refractivity (Wildman–Crippen MR) is 92.8 cm³/mol. The highest BCUT2D eigenvalue weighted by Crippen LogP contribution is 2.33. The van der Waals surface area contributed by atoms with Crippen LogP contribution in [-0.2, 0) is 4.79 Å². The fourth-order valence-electron chi connectivity index (χ4n) is 3.34. The van der Waals surface area contributed by atoms with Gasteiger partial charge in [0, 0.05) is 0 Å². The molecule has 0 unspecified atom stereocenters. The molecule has 128 valence electrons. The number of carbonyl (C=O) groups excluding carboxylic acids is 1. The van der Waals surface area contributed by atoms with Crippen molar-refractivity contribution in [3.05, 3.63) is 24.3 Å². The van der Waals surface area contributed by atoms with Crippen LogP contribution in [0.2, 0.25) is 0 Å². The molecule has 0 N–H and O–H groups in total. The number of rotatable bonds is 8. The molecule has 1 fully saturated rings. The van der Waals surface area contributed by atoms with Gasteiger partial charge in [-0.25, -0.2) is 0 Å². The lowest BCUT2D eigenvalue weighted by molar-refractivity contribution is -0.140. The Labute approximate surface area is 140 Å². The van der Waals surface area contributed by atoms with Gasteiger partial charge in [-0.3, -0.25) is 4.79 Å². The molecule has 1 aromatic rings. The number of carbonyl (C=O) groups is 1. The maximum Gasteiger partial charge on any atom is 0.314 e. The van der Waals surface area contributed by atoms with Crippen molar-refractivity contribution in [2.24, 2.45) is 11.8 Å². The van der Waals surface area contributed by atoms with Gasteiger partial charge in [-0.05, 0) is 62.8 Å². The Balaban J connectivity index is 1.74. The van der Waals surface area contributed by atoms with Crippen LogP contribution in [0.5, 0.6) is 11.5 Å². The number of hydrogen-bond donors (Lipinski definition) is 0. The molecule has 0 spiro atoms. The van der Waals surface area contributed by atoms with E-state index < -0.39 is 0 Å². The Morgan fingerprint density at radius 2 is 1.65 bits per heavy atom. The zero-order chi connectivity index (χ0) is 16.5. The van der Waals surface area contributed by atoms with Gasteiger partial charge >= 0.3 is 5.97 Å². The van der Waals surface area contributed by atoms with Crippen molar-refractivity contribution >= 4 is 5.97 Å². The normalized spacial score (nSPS) is 21.0. The third kappa shape index (κ3) is 5.89. The average molecular weight is 318 g/mol. The number of ether oxygens (including phenoxy) is 2. The molecule has 2 rings (SSSR count). The van der Waals surface area contributed by atoms with Crippen molar-refractivity contribution in [1.29, 1.82) is 0 Å². The van der Waals surface area contributed by atoms with Crippen molar-refractivity contribution < 1.29 is 14.3 Å². The van der Waals surface area contributed by atoms with Crippen LogP contribution in [0.15, 0.2) is 24.3 Å². The summed E-state index contributed by atoms with van der Waals surface area (Å²) in [4.78, 5) is 12.3. The van der Waals surface area contributed by atoms with Gasteiger partial charge in [0.2, 0.25) is 0 Å². The molecule has 0 saturated heterocycles. The highest BCUT2D eigenvalue weighted by Gasteiger charge is 2.27. The Bertz CT molecular complexity index is 458. The molecule has 3 heteroatoms. The van der Waals surface area contributed by atoms with Crippen LogP contribution in [0.25, 0.3) is 0 Å². The number of esters is 1. The van der Waals surface area contributed by atoms with E-state index in [0.717, 1.165) is 24.5 Å². The van der Waals surface area contributed by atoms with E-state index in [1.54, 1.807) is 12.1 Å². The largest absolute Gasteiger partial charge is 0.494 e. The van der Waals surface area contributed by atoms with Crippen molar-refractivity contribution in [3.8, 4) is 11.5 Å². The molecule has 0 bridgehead atoms. The van der Waals surface area contributed by atoms with Crippen LogP contribution in [0, 0.1) is 11.8 Å². The van der Waals surface area contributed by atoms with Gasteiger partial charge < -0.3 is 9.47 Å². The molecule has 0 atom stereocenters. The molecule has 1 aliphatic rings. The predicted octanol–water partition coefficient (Wildman–Crippen LogP) is 5.38. The van der Waals surface area contributed by atoms with Crippen molar-refractivity contribution in [2.45, 2.75) is 65.2 Å². The average Bonchev–Trinajstić information content (AvgIpc) is 2.58. The molecule has 1 aromatic carbocycles. The second kappa shape index (κ2) is 9.59. The van der Waals surface area contributed by atoms with Gasteiger partial charge in [-0.1, -0.05) is 32.6 Å². The van der Waals surface area contributed by atoms with Crippen LogP contribution in [-0.4, -0.2) is 12.6 Å². The van der Waals surface area contributed by atoms with Gasteiger partial charge in [0.25, 0.3) is 0 Å². The molecule has 0 heterocycles. The molecular weight excluding hydrogens is 288 g/mol. The van der Waals surface area contributed by atoms with Crippen LogP contribution in [0.4, 0.5) is 0 Å². The third-order valence-corrected chi connectivity index (χ3v) is 4.75. The third-order valence-electron chi connectivity index (χ3n) is 4.75. The smallest absolute Gasteiger partial charge is 0.314 e. The van der Waals surface area contributed by atoms with Gasteiger partial charge in [0.1, 0.15) is 11.5 Å². The molecule has 1 aliphatic carbocycles. The second-order valence-electron chi connectivity index (χ2n) is 6.54. The van der Waals surface area contributed by atoms with E-state index in [9.17, 15) is 4.79 Å². The van der Waals surface area contributed by atoms with Gasteiger partial charge in [-0.2, -0.15) is 0 Å². The Kier molecular flexibility index (Phi) is 7.44. The van der Waals surface area contributed by atoms with E-state index >= 15 is 0 Å². The zero-order valence-electron chi connectivity index (χ0n) is 14.6. The quantitative estimate of drug-likeness (QED) is 0.367. The summed E-state index contributed by atoms with van der Waals surface area (Å²) in [5.74, 6) is 2.24. The monoisotopic (exact) mass is 318 g/mol. The minimum absolute atomic E-state index is 0.0684. The highest BCUT2D eigenvalue weighted by molar-refractivity contribution is 5.75. The van der Waals surface area contributed by atoms with Gasteiger partial charge in [-0.15, -0.1) is 0 Å². The first-order chi connectivity index (χ1) is 11.2. The zero-order valence-corrected chi connectivity index (χ0v) is 14.6. The fraction of sp³-hybridized carbons (Fsp3) is 0.650. The summed E-state index contributed by atoms with van der Waals surface area (Å²) in [6.07, 6.45) is 9.58. The first kappa shape index (κ1) is 17.8. The van der Waals surface area contributed by atoms with Crippen molar-refractivity contribution in [1.82, 2.24) is 0 Å². The van der Waals surface area contributed by atoms with E-state index in [-0.39, 0.29) is 11.9 Å². The van der Waals surface area contributed by atoms with E-state index in [1.165, 1.54) is 38.5 Å². The molecule has 0 amide bonds. The molecule has 23 heavy (non-hydrogen) atoms. The maximum absolute atomic E-state index is 12.3. The first-order valence-corrected chi connectivity index (χ1v) is 9.17. The topological polar surface area (TPSA) is 35.5 Å². The summed E-state index contributed by atoms with van der Waals surface area (Å²) in [6, 6.07) is 7.30. The summed E-state index contributed by atoms with van der Waals surface area (Å²) in [5.41, 5.74) is 0. The van der Waals surface area contributed by atoms with Crippen molar-refractivity contribution in [3.63, 3.8) is 0 Å². The van der Waals surface area contributed by atoms with E-state index in [4.69, 9.17) is 9.47 Å². The highest BCUT2D eigenvalue weighted by atomic mass is 16.5. The maximum atomic E-state index is 12.3. The van der Waals surface area contributed by atoms with Gasteiger partial charge in [0.15, 0.2) is 0 Å².